The molecule has 0 unspecified atom stereocenters. The molecule has 0 saturated carbocycles. The van der Waals surface area contributed by atoms with Crippen molar-refractivity contribution in [2.24, 2.45) is 5.73 Å². The molecule has 0 aliphatic heterocycles. The second kappa shape index (κ2) is 7.50. The highest BCUT2D eigenvalue weighted by Gasteiger charge is 2.30. The quantitative estimate of drug-likeness (QED) is 0.623. The number of unbranched alkanes of at least 4 members (excludes halogenated alkanes) is 1. The number of hydrogen-bond acceptors (Lipinski definition) is 2. The average molecular weight is 312 g/mol. The molecule has 0 bridgehead atoms. The van der Waals surface area contributed by atoms with E-state index in [4.69, 9.17) is 12.2 Å². The molecule has 118 valence electrons. The van der Waals surface area contributed by atoms with E-state index < -0.39 is 29.6 Å². The summed E-state index contributed by atoms with van der Waals surface area (Å²) in [4.78, 5) is 23.2. The molecule has 0 fully saturated rings. The molecule has 1 atom stereocenters. The summed E-state index contributed by atoms with van der Waals surface area (Å²) in [6.07, 6.45) is 1.81. The Morgan fingerprint density at radius 2 is 1.86 bits per heavy atom. The van der Waals surface area contributed by atoms with E-state index in [1.54, 1.807) is 0 Å². The van der Waals surface area contributed by atoms with Crippen LogP contribution in [0.25, 0.3) is 0 Å². The molecule has 0 saturated heterocycles. The standard InChI is InChI=1S/C15H15F3N2O2/c1-2-3-4-5-12(13(19)21)20-14(22)10-6-8-11(9-7-10)15(16,17)18/h1,6-9,12H,3-5H2,(H2,19,21)(H,20,22)/t12-/m0/s1. The van der Waals surface area contributed by atoms with Gasteiger partial charge in [0.25, 0.3) is 5.91 Å². The first-order chi connectivity index (χ1) is 10.3. The minimum absolute atomic E-state index is 0.0104. The molecular formula is C15H15F3N2O2. The molecule has 4 nitrogen and oxygen atoms in total. The lowest BCUT2D eigenvalue weighted by Gasteiger charge is -2.15. The molecule has 0 aromatic heterocycles. The number of rotatable bonds is 6. The maximum Gasteiger partial charge on any atom is 0.416 e. The molecular weight excluding hydrogens is 297 g/mol. The fourth-order valence-corrected chi connectivity index (χ4v) is 1.75. The number of amides is 2. The van der Waals surface area contributed by atoms with E-state index in [9.17, 15) is 22.8 Å². The number of alkyl halides is 3. The summed E-state index contributed by atoms with van der Waals surface area (Å²) in [5.74, 6) is 1.00. The van der Waals surface area contributed by atoms with Crippen LogP contribution in [0.15, 0.2) is 24.3 Å². The van der Waals surface area contributed by atoms with Gasteiger partial charge in [-0.1, -0.05) is 0 Å². The van der Waals surface area contributed by atoms with Crippen molar-refractivity contribution in [3.63, 3.8) is 0 Å². The predicted molar refractivity (Wildman–Crippen MR) is 74.6 cm³/mol. The topological polar surface area (TPSA) is 72.2 Å². The van der Waals surface area contributed by atoms with Crippen LogP contribution >= 0.6 is 0 Å². The zero-order valence-electron chi connectivity index (χ0n) is 11.6. The highest BCUT2D eigenvalue weighted by atomic mass is 19.4. The van der Waals surface area contributed by atoms with E-state index in [2.05, 4.69) is 11.2 Å². The molecule has 0 heterocycles. The second-order valence-electron chi connectivity index (χ2n) is 4.60. The third-order valence-corrected chi connectivity index (χ3v) is 2.94. The highest BCUT2D eigenvalue weighted by Crippen LogP contribution is 2.29. The summed E-state index contributed by atoms with van der Waals surface area (Å²) in [7, 11) is 0. The van der Waals surface area contributed by atoms with Crippen LogP contribution in [0, 0.1) is 12.3 Å². The van der Waals surface area contributed by atoms with Gasteiger partial charge < -0.3 is 11.1 Å². The van der Waals surface area contributed by atoms with Crippen LogP contribution in [0.3, 0.4) is 0 Å². The van der Waals surface area contributed by atoms with Gasteiger partial charge in [0, 0.05) is 12.0 Å². The maximum atomic E-state index is 12.4. The van der Waals surface area contributed by atoms with Crippen LogP contribution in [0.5, 0.6) is 0 Å². The molecule has 1 rings (SSSR count). The summed E-state index contributed by atoms with van der Waals surface area (Å²) in [5.41, 5.74) is 4.33. The van der Waals surface area contributed by atoms with Crippen molar-refractivity contribution in [3.05, 3.63) is 35.4 Å². The number of hydrogen-bond donors (Lipinski definition) is 2. The zero-order chi connectivity index (χ0) is 16.8. The van der Waals surface area contributed by atoms with Crippen LogP contribution in [0.2, 0.25) is 0 Å². The van der Waals surface area contributed by atoms with Crippen molar-refractivity contribution in [1.82, 2.24) is 5.32 Å². The molecule has 0 spiro atoms. The van der Waals surface area contributed by atoms with Crippen LogP contribution in [0.1, 0.15) is 35.2 Å². The number of benzene rings is 1. The van der Waals surface area contributed by atoms with Crippen LogP contribution in [-0.4, -0.2) is 17.9 Å². The van der Waals surface area contributed by atoms with Gasteiger partial charge in [-0.2, -0.15) is 13.2 Å². The monoisotopic (exact) mass is 312 g/mol. The number of terminal acetylenes is 1. The van der Waals surface area contributed by atoms with E-state index in [1.807, 2.05) is 0 Å². The summed E-state index contributed by atoms with van der Waals surface area (Å²) in [6.45, 7) is 0. The highest BCUT2D eigenvalue weighted by molar-refractivity contribution is 5.97. The molecule has 22 heavy (non-hydrogen) atoms. The third-order valence-electron chi connectivity index (χ3n) is 2.94. The van der Waals surface area contributed by atoms with Crippen LogP contribution < -0.4 is 11.1 Å². The lowest BCUT2D eigenvalue weighted by atomic mass is 10.1. The van der Waals surface area contributed by atoms with E-state index in [0.717, 1.165) is 24.3 Å². The summed E-state index contributed by atoms with van der Waals surface area (Å²) in [6, 6.07) is 2.76. The van der Waals surface area contributed by atoms with Gasteiger partial charge in [0.2, 0.25) is 5.91 Å². The second-order valence-corrected chi connectivity index (χ2v) is 4.60. The lowest BCUT2D eigenvalue weighted by molar-refractivity contribution is -0.137. The Balaban J connectivity index is 2.74. The first kappa shape index (κ1) is 17.6. The van der Waals surface area contributed by atoms with Gasteiger partial charge in [0.15, 0.2) is 0 Å². The van der Waals surface area contributed by atoms with E-state index >= 15 is 0 Å². The fourth-order valence-electron chi connectivity index (χ4n) is 1.75. The van der Waals surface area contributed by atoms with Gasteiger partial charge in [-0.3, -0.25) is 9.59 Å². The Hall–Kier alpha value is -2.49. The predicted octanol–water partition coefficient (Wildman–Crippen LogP) is 2.09. The SMILES string of the molecule is C#CCCC[C@H](NC(=O)c1ccc(C(F)(F)F)cc1)C(N)=O. The molecule has 0 aliphatic carbocycles. The maximum absolute atomic E-state index is 12.4. The summed E-state index contributed by atoms with van der Waals surface area (Å²) in [5, 5.41) is 2.39. The van der Waals surface area contributed by atoms with Gasteiger partial charge in [0.05, 0.1) is 5.56 Å². The summed E-state index contributed by atoms with van der Waals surface area (Å²) < 4.78 is 37.3. The normalized spacial score (nSPS) is 12.3. The van der Waals surface area contributed by atoms with Crippen molar-refractivity contribution < 1.29 is 22.8 Å². The third kappa shape index (κ3) is 5.13. The number of nitrogens with one attached hydrogen (secondary N) is 1. The molecule has 7 heteroatoms. The van der Waals surface area contributed by atoms with Crippen LogP contribution in [0.4, 0.5) is 13.2 Å². The van der Waals surface area contributed by atoms with Crippen molar-refractivity contribution in [2.75, 3.05) is 0 Å². The first-order valence-corrected chi connectivity index (χ1v) is 6.46. The average Bonchev–Trinajstić information content (AvgIpc) is 2.45. The number of halogens is 3. The minimum atomic E-state index is -4.47. The van der Waals surface area contributed by atoms with E-state index in [-0.39, 0.29) is 12.0 Å². The van der Waals surface area contributed by atoms with Gasteiger partial charge >= 0.3 is 6.18 Å². The molecule has 2 amide bonds. The largest absolute Gasteiger partial charge is 0.416 e. The van der Waals surface area contributed by atoms with Crippen molar-refractivity contribution >= 4 is 11.8 Å². The smallest absolute Gasteiger partial charge is 0.368 e. The lowest BCUT2D eigenvalue weighted by Crippen LogP contribution is -2.44. The number of nitrogens with two attached hydrogens (primary N) is 1. The first-order valence-electron chi connectivity index (χ1n) is 6.46. The Labute approximate surface area is 125 Å². The Morgan fingerprint density at radius 1 is 1.27 bits per heavy atom. The van der Waals surface area contributed by atoms with Gasteiger partial charge in [-0.05, 0) is 37.1 Å². The molecule has 3 N–H and O–H groups in total. The number of carbonyl (C=O) groups excluding carboxylic acids is 2. The zero-order valence-corrected chi connectivity index (χ0v) is 11.6. The Kier molecular flexibility index (Phi) is 5.99. The minimum Gasteiger partial charge on any atom is -0.368 e. The van der Waals surface area contributed by atoms with Gasteiger partial charge in [-0.15, -0.1) is 12.3 Å². The Morgan fingerprint density at radius 3 is 2.32 bits per heavy atom. The van der Waals surface area contributed by atoms with E-state index in [1.165, 1.54) is 0 Å². The Bertz CT molecular complexity index is 574. The van der Waals surface area contributed by atoms with Crippen molar-refractivity contribution in [2.45, 2.75) is 31.5 Å². The van der Waals surface area contributed by atoms with E-state index in [0.29, 0.717) is 12.8 Å². The fraction of sp³-hybridized carbons (Fsp3) is 0.333. The van der Waals surface area contributed by atoms with Gasteiger partial charge in [0.1, 0.15) is 6.04 Å². The molecule has 0 aliphatic rings. The van der Waals surface area contributed by atoms with Crippen molar-refractivity contribution in [3.8, 4) is 12.3 Å². The summed E-state index contributed by atoms with van der Waals surface area (Å²) >= 11 is 0. The van der Waals surface area contributed by atoms with Gasteiger partial charge in [-0.25, -0.2) is 0 Å². The van der Waals surface area contributed by atoms with Crippen molar-refractivity contribution in [1.29, 1.82) is 0 Å². The molecule has 0 radical (unpaired) electrons. The number of carbonyl (C=O) groups is 2. The van der Waals surface area contributed by atoms with Crippen LogP contribution in [-0.2, 0) is 11.0 Å². The number of primary amides is 1. The molecule has 1 aromatic rings. The molecule has 1 aromatic carbocycles.